The molecule has 4 N–H and O–H groups in total. The van der Waals surface area contributed by atoms with Crippen LogP contribution < -0.4 is 20.9 Å². The van der Waals surface area contributed by atoms with Gasteiger partial charge in [-0.2, -0.15) is 0 Å². The smallest absolute Gasteiger partial charge is 0.337 e. The van der Waals surface area contributed by atoms with Crippen molar-refractivity contribution in [1.29, 1.82) is 0 Å². The number of benzene rings is 2. The van der Waals surface area contributed by atoms with E-state index in [1.54, 1.807) is 24.3 Å². The summed E-state index contributed by atoms with van der Waals surface area (Å²) < 4.78 is 33.0. The number of hydrogen-bond donors (Lipinski definition) is 4. The first-order valence-corrected chi connectivity index (χ1v) is 10.8. The Morgan fingerprint density at radius 3 is 2.27 bits per heavy atom. The summed E-state index contributed by atoms with van der Waals surface area (Å²) >= 11 is 0. The summed E-state index contributed by atoms with van der Waals surface area (Å²) in [5, 5.41) is 1.53. The maximum atomic E-state index is 12.9. The van der Waals surface area contributed by atoms with Crippen LogP contribution >= 0.6 is 0 Å². The minimum atomic E-state index is -3.90. The Hall–Kier alpha value is -2.95. The van der Waals surface area contributed by atoms with Crippen LogP contribution in [0, 0.1) is 19.8 Å². The molecule has 2 aromatic carbocycles. The van der Waals surface area contributed by atoms with Crippen LogP contribution in [0.25, 0.3) is 0 Å². The highest BCUT2D eigenvalue weighted by atomic mass is 32.2. The summed E-state index contributed by atoms with van der Waals surface area (Å²) in [4.78, 5) is 24.2. The van der Waals surface area contributed by atoms with Crippen molar-refractivity contribution in [2.24, 2.45) is 5.92 Å². The largest absolute Gasteiger partial charge is 0.465 e. The lowest BCUT2D eigenvalue weighted by atomic mass is 10.1. The van der Waals surface area contributed by atoms with Crippen LogP contribution in [-0.4, -0.2) is 39.3 Å². The average molecular weight is 433 g/mol. The number of hydrazine groups is 1. The molecule has 1 aliphatic rings. The third-order valence-corrected chi connectivity index (χ3v) is 6.29. The van der Waals surface area contributed by atoms with Crippen molar-refractivity contribution in [2.75, 3.05) is 23.7 Å². The van der Waals surface area contributed by atoms with Gasteiger partial charge in [-0.3, -0.25) is 14.9 Å². The molecule has 0 aromatic heterocycles. The second kappa shape index (κ2) is 8.82. The fourth-order valence-corrected chi connectivity index (χ4v) is 4.77. The molecule has 160 valence electrons. The zero-order valence-corrected chi connectivity index (χ0v) is 17.7. The molecule has 0 saturated carbocycles. The van der Waals surface area contributed by atoms with Gasteiger partial charge in [0.2, 0.25) is 5.91 Å². The molecule has 0 bridgehead atoms. The Balaban J connectivity index is 1.72. The number of carbonyl (C=O) groups is 2. The molecular weight excluding hydrogens is 408 g/mol. The summed E-state index contributed by atoms with van der Waals surface area (Å²) in [5.74, 6) is -1.82. The number of esters is 1. The summed E-state index contributed by atoms with van der Waals surface area (Å²) in [7, 11) is -2.62. The molecule has 10 heteroatoms. The van der Waals surface area contributed by atoms with Gasteiger partial charge < -0.3 is 10.1 Å². The minimum absolute atomic E-state index is 0.143. The molecule has 0 spiro atoms. The first-order valence-electron chi connectivity index (χ1n) is 9.27. The van der Waals surface area contributed by atoms with Gasteiger partial charge in [0, 0.05) is 17.9 Å². The summed E-state index contributed by atoms with van der Waals surface area (Å²) in [6.07, 6.45) is 0. The number of ether oxygens (including phenoxy) is 1. The fourth-order valence-electron chi connectivity index (χ4n) is 3.30. The van der Waals surface area contributed by atoms with Crippen molar-refractivity contribution in [1.82, 2.24) is 10.9 Å². The molecule has 1 heterocycles. The van der Waals surface area contributed by atoms with E-state index >= 15 is 0 Å². The number of rotatable bonds is 6. The van der Waals surface area contributed by atoms with E-state index in [9.17, 15) is 18.0 Å². The topological polar surface area (TPSA) is 126 Å². The van der Waals surface area contributed by atoms with E-state index in [1.165, 1.54) is 19.2 Å². The predicted molar refractivity (Wildman–Crippen MR) is 113 cm³/mol. The highest BCUT2D eigenvalue weighted by molar-refractivity contribution is 7.93. The van der Waals surface area contributed by atoms with Gasteiger partial charge in [0.25, 0.3) is 10.0 Å². The molecule has 1 aliphatic heterocycles. The maximum Gasteiger partial charge on any atom is 0.337 e. The van der Waals surface area contributed by atoms with Crippen LogP contribution in [0.5, 0.6) is 0 Å². The number of nitrogens with one attached hydrogen (secondary N) is 4. The number of methoxy groups -OCH3 is 1. The maximum absolute atomic E-state index is 12.9. The standard InChI is InChI=1S/C20H24N4O5S/c1-12-8-13(2)10-16(9-12)24-30(27,28)19-17(11-21-23-19)18(25)22-15-6-4-14(5-7-15)20(26)29-3/h4-10,17,19,21,23-24H,11H2,1-3H3,(H,22,25). The fraction of sp³-hybridized carbons (Fsp3) is 0.300. The second-order valence-electron chi connectivity index (χ2n) is 7.13. The van der Waals surface area contributed by atoms with Crippen molar-refractivity contribution < 1.29 is 22.7 Å². The Labute approximate surface area is 175 Å². The zero-order chi connectivity index (χ0) is 21.9. The Morgan fingerprint density at radius 2 is 1.67 bits per heavy atom. The van der Waals surface area contributed by atoms with Gasteiger partial charge in [-0.15, -0.1) is 0 Å². The van der Waals surface area contributed by atoms with Crippen molar-refractivity contribution >= 4 is 33.3 Å². The number of aryl methyl sites for hydroxylation is 2. The minimum Gasteiger partial charge on any atom is -0.465 e. The van der Waals surface area contributed by atoms with E-state index in [4.69, 9.17) is 0 Å². The van der Waals surface area contributed by atoms with Crippen LogP contribution in [0.3, 0.4) is 0 Å². The van der Waals surface area contributed by atoms with Gasteiger partial charge in [-0.1, -0.05) is 6.07 Å². The lowest BCUT2D eigenvalue weighted by Crippen LogP contribution is -2.45. The predicted octanol–water partition coefficient (Wildman–Crippen LogP) is 1.52. The molecule has 2 unspecified atom stereocenters. The van der Waals surface area contributed by atoms with Crippen molar-refractivity contribution in [3.05, 3.63) is 59.2 Å². The van der Waals surface area contributed by atoms with Gasteiger partial charge in [0.1, 0.15) is 0 Å². The molecule has 1 amide bonds. The van der Waals surface area contributed by atoms with Gasteiger partial charge in [0.15, 0.2) is 5.37 Å². The number of hydrogen-bond acceptors (Lipinski definition) is 7. The zero-order valence-electron chi connectivity index (χ0n) is 16.9. The van der Waals surface area contributed by atoms with Crippen LogP contribution in [0.4, 0.5) is 11.4 Å². The quantitative estimate of drug-likeness (QED) is 0.510. The van der Waals surface area contributed by atoms with E-state index in [1.807, 2.05) is 19.9 Å². The number of sulfonamides is 1. The summed E-state index contributed by atoms with van der Waals surface area (Å²) in [5.41, 5.74) is 8.50. The molecule has 1 saturated heterocycles. The van der Waals surface area contributed by atoms with Crippen molar-refractivity contribution in [3.63, 3.8) is 0 Å². The first-order chi connectivity index (χ1) is 14.2. The highest BCUT2D eigenvalue weighted by Gasteiger charge is 2.42. The van der Waals surface area contributed by atoms with E-state index in [2.05, 4.69) is 25.6 Å². The highest BCUT2D eigenvalue weighted by Crippen LogP contribution is 2.22. The second-order valence-corrected chi connectivity index (χ2v) is 8.94. The van der Waals surface area contributed by atoms with Gasteiger partial charge in [-0.05, 0) is 61.4 Å². The van der Waals surface area contributed by atoms with E-state index < -0.39 is 33.2 Å². The van der Waals surface area contributed by atoms with Crippen molar-refractivity contribution in [2.45, 2.75) is 19.2 Å². The number of anilines is 2. The average Bonchev–Trinajstić information content (AvgIpc) is 3.18. The third kappa shape index (κ3) is 4.96. The summed E-state index contributed by atoms with van der Waals surface area (Å²) in [6, 6.07) is 11.5. The Bertz CT molecular complexity index is 1030. The molecule has 0 radical (unpaired) electrons. The lowest BCUT2D eigenvalue weighted by Gasteiger charge is -2.20. The van der Waals surface area contributed by atoms with Gasteiger partial charge in [0.05, 0.1) is 18.6 Å². The molecule has 2 aromatic rings. The molecule has 2 atom stereocenters. The van der Waals surface area contributed by atoms with E-state index in [0.717, 1.165) is 11.1 Å². The normalized spacial score (nSPS) is 18.6. The molecular formula is C20H24N4O5S. The molecule has 1 fully saturated rings. The van der Waals surface area contributed by atoms with Crippen LogP contribution in [0.15, 0.2) is 42.5 Å². The molecule has 3 rings (SSSR count). The molecule has 30 heavy (non-hydrogen) atoms. The van der Waals surface area contributed by atoms with Crippen LogP contribution in [0.2, 0.25) is 0 Å². The molecule has 0 aliphatic carbocycles. The lowest BCUT2D eigenvalue weighted by molar-refractivity contribution is -0.119. The monoisotopic (exact) mass is 432 g/mol. The van der Waals surface area contributed by atoms with E-state index in [0.29, 0.717) is 16.9 Å². The van der Waals surface area contributed by atoms with Gasteiger partial charge in [-0.25, -0.2) is 18.6 Å². The Morgan fingerprint density at radius 1 is 1.03 bits per heavy atom. The SMILES string of the molecule is COC(=O)c1ccc(NC(=O)C2CNNC2S(=O)(=O)Nc2cc(C)cc(C)c2)cc1. The number of carbonyl (C=O) groups excluding carboxylic acids is 2. The number of amides is 1. The molecule has 9 nitrogen and oxygen atoms in total. The third-order valence-electron chi connectivity index (χ3n) is 4.66. The van der Waals surface area contributed by atoms with Crippen molar-refractivity contribution in [3.8, 4) is 0 Å². The van der Waals surface area contributed by atoms with Crippen LogP contribution in [0.1, 0.15) is 21.5 Å². The van der Waals surface area contributed by atoms with Crippen LogP contribution in [-0.2, 0) is 19.6 Å². The Kier molecular flexibility index (Phi) is 6.40. The summed E-state index contributed by atoms with van der Waals surface area (Å²) in [6.45, 7) is 3.90. The van der Waals surface area contributed by atoms with Gasteiger partial charge >= 0.3 is 5.97 Å². The first kappa shape index (κ1) is 21.8. The van der Waals surface area contributed by atoms with E-state index in [-0.39, 0.29) is 6.54 Å².